The highest BCUT2D eigenvalue weighted by atomic mass is 35.5. The summed E-state index contributed by atoms with van der Waals surface area (Å²) < 4.78 is 2.33. The van der Waals surface area contributed by atoms with Gasteiger partial charge in [-0.05, 0) is 30.0 Å². The van der Waals surface area contributed by atoms with Gasteiger partial charge in [-0.15, -0.1) is 0 Å². The van der Waals surface area contributed by atoms with Crippen LogP contribution in [0.25, 0.3) is 11.0 Å². The van der Waals surface area contributed by atoms with Crippen molar-refractivity contribution in [3.63, 3.8) is 0 Å². The Morgan fingerprint density at radius 1 is 1.56 bits per heavy atom. The van der Waals surface area contributed by atoms with E-state index in [1.807, 2.05) is 6.20 Å². The summed E-state index contributed by atoms with van der Waals surface area (Å²) in [5, 5.41) is 4.87. The summed E-state index contributed by atoms with van der Waals surface area (Å²) in [5.74, 6) is 0.664. The maximum absolute atomic E-state index is 5.92. The first-order chi connectivity index (χ1) is 8.65. The van der Waals surface area contributed by atoms with Crippen molar-refractivity contribution in [2.24, 2.45) is 5.92 Å². The van der Waals surface area contributed by atoms with Gasteiger partial charge >= 0.3 is 0 Å². The second-order valence-corrected chi connectivity index (χ2v) is 5.68. The lowest BCUT2D eigenvalue weighted by Gasteiger charge is -2.28. The standard InChI is InChI=1S/C13H17ClN4/c1-8(2)3-10-6-15-7-11-4-9-5-16-13(14)17-12(9)18(10)11/h4-5,8,10,15H,3,6-7H2,1-2H3/t10-/m0/s1. The molecule has 0 aromatic carbocycles. The SMILES string of the molecule is CC(C)C[C@H]1CNCc2cc3cnc(Cl)nc3n21. The van der Waals surface area contributed by atoms with E-state index in [1.165, 1.54) is 5.69 Å². The Labute approximate surface area is 111 Å². The molecule has 3 heterocycles. The molecular weight excluding hydrogens is 248 g/mol. The lowest BCUT2D eigenvalue weighted by Crippen LogP contribution is -2.33. The smallest absolute Gasteiger partial charge is 0.224 e. The first-order valence-corrected chi connectivity index (χ1v) is 6.76. The van der Waals surface area contributed by atoms with E-state index >= 15 is 0 Å². The van der Waals surface area contributed by atoms with Crippen molar-refractivity contribution in [2.45, 2.75) is 32.9 Å². The summed E-state index contributed by atoms with van der Waals surface area (Å²) in [7, 11) is 0. The molecule has 1 N–H and O–H groups in total. The van der Waals surface area contributed by atoms with E-state index in [9.17, 15) is 0 Å². The van der Waals surface area contributed by atoms with Crippen LogP contribution in [0.5, 0.6) is 0 Å². The normalized spacial score (nSPS) is 19.4. The number of nitrogens with zero attached hydrogens (tertiary/aromatic N) is 3. The van der Waals surface area contributed by atoms with Crippen LogP contribution in [-0.4, -0.2) is 21.1 Å². The van der Waals surface area contributed by atoms with Crippen LogP contribution < -0.4 is 5.32 Å². The summed E-state index contributed by atoms with van der Waals surface area (Å²) in [5.41, 5.74) is 2.25. The Kier molecular flexibility index (Phi) is 2.99. The largest absolute Gasteiger partial charge is 0.324 e. The second kappa shape index (κ2) is 4.52. The predicted molar refractivity (Wildman–Crippen MR) is 72.7 cm³/mol. The van der Waals surface area contributed by atoms with Crippen molar-refractivity contribution in [2.75, 3.05) is 6.54 Å². The van der Waals surface area contributed by atoms with Crippen LogP contribution in [0.2, 0.25) is 5.28 Å². The summed E-state index contributed by atoms with van der Waals surface area (Å²) in [4.78, 5) is 8.45. The zero-order valence-electron chi connectivity index (χ0n) is 10.7. The van der Waals surface area contributed by atoms with Crippen LogP contribution in [-0.2, 0) is 6.54 Å². The number of halogens is 1. The predicted octanol–water partition coefficient (Wildman–Crippen LogP) is 2.78. The summed E-state index contributed by atoms with van der Waals surface area (Å²) in [6.45, 7) is 6.39. The van der Waals surface area contributed by atoms with Crippen molar-refractivity contribution in [3.8, 4) is 0 Å². The Morgan fingerprint density at radius 3 is 3.17 bits per heavy atom. The average molecular weight is 265 g/mol. The van der Waals surface area contributed by atoms with Crippen LogP contribution in [0.15, 0.2) is 12.3 Å². The van der Waals surface area contributed by atoms with Gasteiger partial charge in [0.1, 0.15) is 5.65 Å². The van der Waals surface area contributed by atoms with Crippen molar-refractivity contribution < 1.29 is 0 Å². The lowest BCUT2D eigenvalue weighted by molar-refractivity contribution is 0.348. The number of rotatable bonds is 2. The van der Waals surface area contributed by atoms with Gasteiger partial charge in [-0.3, -0.25) is 0 Å². The fraction of sp³-hybridized carbons (Fsp3) is 0.538. The minimum Gasteiger partial charge on any atom is -0.324 e. The molecular formula is C13H17ClN4. The molecule has 0 amide bonds. The molecule has 1 atom stereocenters. The molecule has 0 radical (unpaired) electrons. The number of hydrogen-bond donors (Lipinski definition) is 1. The van der Waals surface area contributed by atoms with Crippen molar-refractivity contribution in [3.05, 3.63) is 23.2 Å². The van der Waals surface area contributed by atoms with Gasteiger partial charge in [-0.2, -0.15) is 4.98 Å². The minimum atomic E-state index is 0.324. The van der Waals surface area contributed by atoms with Gasteiger partial charge in [-0.1, -0.05) is 13.8 Å². The van der Waals surface area contributed by atoms with E-state index in [1.54, 1.807) is 0 Å². The lowest BCUT2D eigenvalue weighted by atomic mass is 10.0. The van der Waals surface area contributed by atoms with Crippen molar-refractivity contribution >= 4 is 22.6 Å². The highest BCUT2D eigenvalue weighted by Gasteiger charge is 2.23. The molecule has 1 aliphatic rings. The molecule has 96 valence electrons. The van der Waals surface area contributed by atoms with Gasteiger partial charge < -0.3 is 9.88 Å². The Bertz CT molecular complexity index is 576. The van der Waals surface area contributed by atoms with Gasteiger partial charge in [0, 0.05) is 36.4 Å². The molecule has 2 aromatic rings. The summed E-state index contributed by atoms with van der Waals surface area (Å²) in [6, 6.07) is 2.61. The molecule has 0 aliphatic carbocycles. The van der Waals surface area contributed by atoms with Crippen LogP contribution in [0.4, 0.5) is 0 Å². The highest BCUT2D eigenvalue weighted by molar-refractivity contribution is 6.28. The molecule has 1 aliphatic heterocycles. The third-order valence-corrected chi connectivity index (χ3v) is 3.60. The molecule has 0 saturated carbocycles. The quantitative estimate of drug-likeness (QED) is 0.849. The molecule has 18 heavy (non-hydrogen) atoms. The van der Waals surface area contributed by atoms with Gasteiger partial charge in [-0.25, -0.2) is 4.98 Å². The number of nitrogens with one attached hydrogen (secondary N) is 1. The molecule has 2 aromatic heterocycles. The number of hydrogen-bond acceptors (Lipinski definition) is 3. The fourth-order valence-electron chi connectivity index (χ4n) is 2.78. The number of fused-ring (bicyclic) bond motifs is 3. The molecule has 0 bridgehead atoms. The van der Waals surface area contributed by atoms with E-state index in [-0.39, 0.29) is 0 Å². The zero-order chi connectivity index (χ0) is 12.7. The summed E-state index contributed by atoms with van der Waals surface area (Å²) in [6.07, 6.45) is 2.95. The van der Waals surface area contributed by atoms with Gasteiger partial charge in [0.25, 0.3) is 0 Å². The molecule has 0 saturated heterocycles. The maximum atomic E-state index is 5.92. The minimum absolute atomic E-state index is 0.324. The van der Waals surface area contributed by atoms with Gasteiger partial charge in [0.2, 0.25) is 5.28 Å². The first-order valence-electron chi connectivity index (χ1n) is 6.38. The molecule has 0 fully saturated rings. The Morgan fingerprint density at radius 2 is 2.39 bits per heavy atom. The molecule has 5 heteroatoms. The third kappa shape index (κ3) is 1.99. The Hall–Kier alpha value is -1.13. The van der Waals surface area contributed by atoms with Crippen LogP contribution in [0.1, 0.15) is 32.0 Å². The molecule has 0 unspecified atom stereocenters. The van der Waals surface area contributed by atoms with E-state index in [2.05, 4.69) is 39.8 Å². The van der Waals surface area contributed by atoms with Crippen molar-refractivity contribution in [1.29, 1.82) is 0 Å². The fourth-order valence-corrected chi connectivity index (χ4v) is 2.90. The second-order valence-electron chi connectivity index (χ2n) is 5.34. The topological polar surface area (TPSA) is 42.7 Å². The molecule has 4 nitrogen and oxygen atoms in total. The highest BCUT2D eigenvalue weighted by Crippen LogP contribution is 2.29. The van der Waals surface area contributed by atoms with Crippen LogP contribution >= 0.6 is 11.6 Å². The van der Waals surface area contributed by atoms with Gasteiger partial charge in [0.05, 0.1) is 0 Å². The average Bonchev–Trinajstić information content (AvgIpc) is 2.67. The van der Waals surface area contributed by atoms with E-state index in [4.69, 9.17) is 11.6 Å². The van der Waals surface area contributed by atoms with E-state index < -0.39 is 0 Å². The van der Waals surface area contributed by atoms with Crippen LogP contribution in [0.3, 0.4) is 0 Å². The van der Waals surface area contributed by atoms with Crippen molar-refractivity contribution in [1.82, 2.24) is 19.9 Å². The monoisotopic (exact) mass is 264 g/mol. The van der Waals surface area contributed by atoms with E-state index in [0.29, 0.717) is 17.2 Å². The molecule has 0 spiro atoms. The summed E-state index contributed by atoms with van der Waals surface area (Å²) >= 11 is 5.92. The number of aromatic nitrogens is 3. The Balaban J connectivity index is 2.13. The van der Waals surface area contributed by atoms with Gasteiger partial charge in [0.15, 0.2) is 0 Å². The third-order valence-electron chi connectivity index (χ3n) is 3.42. The van der Waals surface area contributed by atoms with Crippen LogP contribution in [0, 0.1) is 5.92 Å². The maximum Gasteiger partial charge on any atom is 0.224 e. The first kappa shape index (κ1) is 11.9. The molecule has 3 rings (SSSR count). The zero-order valence-corrected chi connectivity index (χ0v) is 11.4. The van der Waals surface area contributed by atoms with E-state index in [0.717, 1.165) is 30.5 Å².